The van der Waals surface area contributed by atoms with Gasteiger partial charge in [0.05, 0.1) is 0 Å². The molecule has 0 unspecified atom stereocenters. The van der Waals surface area contributed by atoms with E-state index in [9.17, 15) is 4.79 Å². The van der Waals surface area contributed by atoms with Crippen molar-refractivity contribution in [2.75, 3.05) is 11.9 Å². The monoisotopic (exact) mass is 276 g/mol. The van der Waals surface area contributed by atoms with Gasteiger partial charge in [-0.05, 0) is 55.7 Å². The highest BCUT2D eigenvalue weighted by Gasteiger charge is 2.21. The molecule has 0 bridgehead atoms. The lowest BCUT2D eigenvalue weighted by atomic mass is 9.87. The molecule has 4 heteroatoms. The van der Waals surface area contributed by atoms with Crippen molar-refractivity contribution >= 4 is 11.7 Å². The Kier molecular flexibility index (Phi) is 5.41. The molecule has 0 heterocycles. The summed E-state index contributed by atoms with van der Waals surface area (Å²) in [4.78, 5) is 12.0. The molecule has 1 aromatic carbocycles. The van der Waals surface area contributed by atoms with Crippen LogP contribution < -0.4 is 10.6 Å². The molecule has 0 spiro atoms. The van der Waals surface area contributed by atoms with Crippen LogP contribution in [-0.2, 0) is 6.42 Å². The fourth-order valence-corrected chi connectivity index (χ4v) is 2.71. The molecule has 2 amide bonds. The number of aliphatic hydroxyl groups excluding tert-OH is 1. The van der Waals surface area contributed by atoms with Crippen molar-refractivity contribution < 1.29 is 9.90 Å². The van der Waals surface area contributed by atoms with Crippen molar-refractivity contribution in [3.8, 4) is 0 Å². The van der Waals surface area contributed by atoms with Crippen molar-refractivity contribution in [1.82, 2.24) is 5.32 Å². The standard InChI is InChI=1S/C16H24N2O2/c1-2-12-4-3-5-15(10-12)18-16(20)17-14-8-6-13(11-19)7-9-14/h3-5,10,13-14,19H,2,6-9,11H2,1H3,(H2,17,18,20). The summed E-state index contributed by atoms with van der Waals surface area (Å²) in [5.41, 5.74) is 2.05. The minimum Gasteiger partial charge on any atom is -0.396 e. The molecule has 0 aromatic heterocycles. The van der Waals surface area contributed by atoms with E-state index in [1.165, 1.54) is 5.56 Å². The molecule has 1 aromatic rings. The van der Waals surface area contributed by atoms with Gasteiger partial charge < -0.3 is 15.7 Å². The first-order valence-corrected chi connectivity index (χ1v) is 7.48. The Morgan fingerprint density at radius 2 is 2.05 bits per heavy atom. The van der Waals surface area contributed by atoms with Gasteiger partial charge in [-0.3, -0.25) is 0 Å². The maximum atomic E-state index is 12.0. The fourth-order valence-electron chi connectivity index (χ4n) is 2.71. The largest absolute Gasteiger partial charge is 0.396 e. The molecule has 0 radical (unpaired) electrons. The molecular weight excluding hydrogens is 252 g/mol. The second kappa shape index (κ2) is 7.29. The van der Waals surface area contributed by atoms with Crippen LogP contribution in [0.4, 0.5) is 10.5 Å². The molecule has 20 heavy (non-hydrogen) atoms. The highest BCUT2D eigenvalue weighted by molar-refractivity contribution is 5.89. The lowest BCUT2D eigenvalue weighted by molar-refractivity contribution is 0.176. The van der Waals surface area contributed by atoms with Crippen molar-refractivity contribution in [2.24, 2.45) is 5.92 Å². The van der Waals surface area contributed by atoms with Crippen LogP contribution in [0.1, 0.15) is 38.2 Å². The van der Waals surface area contributed by atoms with Gasteiger partial charge in [0.15, 0.2) is 0 Å². The van der Waals surface area contributed by atoms with Gasteiger partial charge >= 0.3 is 6.03 Å². The van der Waals surface area contributed by atoms with E-state index in [1.54, 1.807) is 0 Å². The van der Waals surface area contributed by atoms with Gasteiger partial charge in [-0.1, -0.05) is 19.1 Å². The number of hydrogen-bond donors (Lipinski definition) is 3. The number of amides is 2. The van der Waals surface area contributed by atoms with E-state index in [0.29, 0.717) is 5.92 Å². The highest BCUT2D eigenvalue weighted by atomic mass is 16.3. The van der Waals surface area contributed by atoms with E-state index in [-0.39, 0.29) is 18.7 Å². The maximum absolute atomic E-state index is 12.0. The number of benzene rings is 1. The summed E-state index contributed by atoms with van der Waals surface area (Å²) in [6, 6.07) is 8.02. The van der Waals surface area contributed by atoms with Crippen LogP contribution in [0.2, 0.25) is 0 Å². The second-order valence-electron chi connectivity index (χ2n) is 5.55. The lowest BCUT2D eigenvalue weighted by Gasteiger charge is -2.27. The Hall–Kier alpha value is -1.55. The SMILES string of the molecule is CCc1cccc(NC(=O)NC2CCC(CO)CC2)c1. The first-order chi connectivity index (χ1) is 9.71. The summed E-state index contributed by atoms with van der Waals surface area (Å²) in [5.74, 6) is 0.414. The Morgan fingerprint density at radius 3 is 2.70 bits per heavy atom. The van der Waals surface area contributed by atoms with Crippen LogP contribution in [0.25, 0.3) is 0 Å². The van der Waals surface area contributed by atoms with Gasteiger partial charge in [0, 0.05) is 18.3 Å². The number of aryl methyl sites for hydroxylation is 1. The normalized spacial score (nSPS) is 22.3. The number of aliphatic hydroxyl groups is 1. The van der Waals surface area contributed by atoms with Crippen LogP contribution in [0.5, 0.6) is 0 Å². The number of anilines is 1. The third kappa shape index (κ3) is 4.23. The Labute approximate surface area is 120 Å². The molecule has 1 aliphatic carbocycles. The van der Waals surface area contributed by atoms with Crippen molar-refractivity contribution in [3.63, 3.8) is 0 Å². The quantitative estimate of drug-likeness (QED) is 0.792. The van der Waals surface area contributed by atoms with Crippen LogP contribution in [0, 0.1) is 5.92 Å². The van der Waals surface area contributed by atoms with E-state index in [1.807, 2.05) is 18.2 Å². The van der Waals surface area contributed by atoms with Gasteiger partial charge in [-0.15, -0.1) is 0 Å². The van der Waals surface area contributed by atoms with Gasteiger partial charge in [0.1, 0.15) is 0 Å². The Morgan fingerprint density at radius 1 is 1.30 bits per heavy atom. The molecule has 0 saturated heterocycles. The Bertz CT molecular complexity index is 440. The van der Waals surface area contributed by atoms with Gasteiger partial charge in [0.25, 0.3) is 0 Å². The van der Waals surface area contributed by atoms with Crippen LogP contribution in [0.15, 0.2) is 24.3 Å². The zero-order valence-corrected chi connectivity index (χ0v) is 12.1. The molecular formula is C16H24N2O2. The van der Waals surface area contributed by atoms with Crippen molar-refractivity contribution in [2.45, 2.75) is 45.1 Å². The minimum atomic E-state index is -0.134. The third-order valence-electron chi connectivity index (χ3n) is 4.03. The average molecular weight is 276 g/mol. The summed E-state index contributed by atoms with van der Waals surface area (Å²) in [5, 5.41) is 15.0. The predicted molar refractivity (Wildman–Crippen MR) is 80.8 cm³/mol. The van der Waals surface area contributed by atoms with E-state index in [2.05, 4.69) is 23.6 Å². The molecule has 0 atom stereocenters. The van der Waals surface area contributed by atoms with E-state index in [4.69, 9.17) is 5.11 Å². The van der Waals surface area contributed by atoms with Gasteiger partial charge in [-0.2, -0.15) is 0 Å². The number of nitrogens with one attached hydrogen (secondary N) is 2. The van der Waals surface area contributed by atoms with E-state index in [0.717, 1.165) is 37.8 Å². The summed E-state index contributed by atoms with van der Waals surface area (Å²) in [7, 11) is 0. The smallest absolute Gasteiger partial charge is 0.319 e. The molecule has 0 aliphatic heterocycles. The van der Waals surface area contributed by atoms with Crippen molar-refractivity contribution in [1.29, 1.82) is 0 Å². The number of hydrogen-bond acceptors (Lipinski definition) is 2. The lowest BCUT2D eigenvalue weighted by Crippen LogP contribution is -2.40. The number of rotatable bonds is 4. The zero-order chi connectivity index (χ0) is 14.4. The molecule has 1 aliphatic rings. The summed E-state index contributed by atoms with van der Waals surface area (Å²) in [6.07, 6.45) is 4.85. The first-order valence-electron chi connectivity index (χ1n) is 7.48. The summed E-state index contributed by atoms with van der Waals surface area (Å²) in [6.45, 7) is 2.36. The minimum absolute atomic E-state index is 0.134. The molecule has 110 valence electrons. The molecule has 3 N–H and O–H groups in total. The topological polar surface area (TPSA) is 61.4 Å². The van der Waals surface area contributed by atoms with Crippen molar-refractivity contribution in [3.05, 3.63) is 29.8 Å². The third-order valence-corrected chi connectivity index (χ3v) is 4.03. The summed E-state index contributed by atoms with van der Waals surface area (Å²) >= 11 is 0. The maximum Gasteiger partial charge on any atom is 0.319 e. The van der Waals surface area contributed by atoms with Gasteiger partial charge in [0.2, 0.25) is 0 Å². The van der Waals surface area contributed by atoms with Gasteiger partial charge in [-0.25, -0.2) is 4.79 Å². The van der Waals surface area contributed by atoms with E-state index < -0.39 is 0 Å². The second-order valence-corrected chi connectivity index (χ2v) is 5.55. The fraction of sp³-hybridized carbons (Fsp3) is 0.562. The molecule has 4 nitrogen and oxygen atoms in total. The van der Waals surface area contributed by atoms with Crippen LogP contribution in [-0.4, -0.2) is 23.8 Å². The molecule has 2 rings (SSSR count). The summed E-state index contributed by atoms with van der Waals surface area (Å²) < 4.78 is 0. The number of urea groups is 1. The zero-order valence-electron chi connectivity index (χ0n) is 12.1. The average Bonchev–Trinajstić information content (AvgIpc) is 2.48. The Balaban J connectivity index is 1.80. The molecule has 1 saturated carbocycles. The first kappa shape index (κ1) is 14.9. The predicted octanol–water partition coefficient (Wildman–Crippen LogP) is 2.92. The van der Waals surface area contributed by atoms with E-state index >= 15 is 0 Å². The highest BCUT2D eigenvalue weighted by Crippen LogP contribution is 2.23. The van der Waals surface area contributed by atoms with Crippen LogP contribution in [0.3, 0.4) is 0 Å². The molecule has 1 fully saturated rings. The van der Waals surface area contributed by atoms with Crippen LogP contribution >= 0.6 is 0 Å². The number of carbonyl (C=O) groups is 1. The number of carbonyl (C=O) groups excluding carboxylic acids is 1.